The predicted octanol–water partition coefficient (Wildman–Crippen LogP) is 1.78. The molecule has 3 rings (SSSR count). The molecule has 0 saturated carbocycles. The molecule has 1 N–H and O–H groups in total. The summed E-state index contributed by atoms with van der Waals surface area (Å²) in [6.07, 6.45) is 2.38. The van der Waals surface area contributed by atoms with Gasteiger partial charge in [0.05, 0.1) is 6.61 Å². The van der Waals surface area contributed by atoms with E-state index in [9.17, 15) is 19.1 Å². The van der Waals surface area contributed by atoms with Crippen LogP contribution in [0.25, 0.3) is 11.1 Å². The van der Waals surface area contributed by atoms with E-state index in [2.05, 4.69) is 5.10 Å². The van der Waals surface area contributed by atoms with Crippen molar-refractivity contribution in [2.45, 2.75) is 13.0 Å². The largest absolute Gasteiger partial charge is 0.476 e. The Morgan fingerprint density at radius 3 is 2.74 bits per heavy atom. The topological polar surface area (TPSA) is 81.4 Å². The van der Waals surface area contributed by atoms with Crippen LogP contribution in [0.3, 0.4) is 0 Å². The van der Waals surface area contributed by atoms with Crippen molar-refractivity contribution in [1.29, 1.82) is 0 Å². The Kier molecular flexibility index (Phi) is 4.20. The second-order valence-corrected chi connectivity index (χ2v) is 5.48. The minimum Gasteiger partial charge on any atom is -0.476 e. The molecule has 0 spiro atoms. The third-order valence-electron chi connectivity index (χ3n) is 3.79. The molecule has 120 valence electrons. The van der Waals surface area contributed by atoms with Crippen molar-refractivity contribution in [3.8, 4) is 11.1 Å². The zero-order valence-corrected chi connectivity index (χ0v) is 12.2. The Labute approximate surface area is 131 Å². The van der Waals surface area contributed by atoms with Gasteiger partial charge in [0.15, 0.2) is 0 Å². The molecule has 23 heavy (non-hydrogen) atoms. The van der Waals surface area contributed by atoms with Crippen LogP contribution < -0.4 is 5.43 Å². The van der Waals surface area contributed by atoms with Gasteiger partial charge in [-0.2, -0.15) is 5.10 Å². The number of carboxylic acid groups (broad SMARTS) is 1. The predicted molar refractivity (Wildman–Crippen MR) is 79.8 cm³/mol. The normalized spacial score (nSPS) is 17.3. The Hall–Kier alpha value is -2.54. The molecular formula is C16H15FN2O4. The van der Waals surface area contributed by atoms with Gasteiger partial charge in [-0.1, -0.05) is 12.1 Å². The molecule has 2 heterocycles. The summed E-state index contributed by atoms with van der Waals surface area (Å²) in [6.45, 7) is 1.72. The fourth-order valence-electron chi connectivity index (χ4n) is 2.60. The lowest BCUT2D eigenvalue weighted by Crippen LogP contribution is -2.25. The molecule has 1 aliphatic heterocycles. The number of carboxylic acids is 1. The average molecular weight is 318 g/mol. The number of carbonyl (C=O) groups is 1. The molecule has 2 aromatic rings. The van der Waals surface area contributed by atoms with Gasteiger partial charge in [0.1, 0.15) is 5.82 Å². The summed E-state index contributed by atoms with van der Waals surface area (Å²) in [5.74, 6) is -1.58. The van der Waals surface area contributed by atoms with Gasteiger partial charge in [-0.05, 0) is 24.1 Å². The average Bonchev–Trinajstić information content (AvgIpc) is 3.02. The van der Waals surface area contributed by atoms with Crippen molar-refractivity contribution in [2.24, 2.45) is 5.92 Å². The van der Waals surface area contributed by atoms with Gasteiger partial charge in [0.25, 0.3) is 0 Å². The van der Waals surface area contributed by atoms with Gasteiger partial charge < -0.3 is 9.84 Å². The highest BCUT2D eigenvalue weighted by Gasteiger charge is 2.20. The summed E-state index contributed by atoms with van der Waals surface area (Å²) >= 11 is 0. The van der Waals surface area contributed by atoms with E-state index in [1.54, 1.807) is 0 Å². The van der Waals surface area contributed by atoms with Crippen LogP contribution in [0.5, 0.6) is 0 Å². The number of hydrogen-bond acceptors (Lipinski definition) is 4. The molecule has 7 heteroatoms. The molecule has 1 saturated heterocycles. The quantitative estimate of drug-likeness (QED) is 0.929. The van der Waals surface area contributed by atoms with Gasteiger partial charge in [0.2, 0.25) is 11.1 Å². The van der Waals surface area contributed by atoms with E-state index in [0.717, 1.165) is 6.42 Å². The number of halogens is 1. The first kappa shape index (κ1) is 15.4. The summed E-state index contributed by atoms with van der Waals surface area (Å²) in [6, 6.07) is 5.34. The zero-order valence-electron chi connectivity index (χ0n) is 12.2. The summed E-state index contributed by atoms with van der Waals surface area (Å²) in [7, 11) is 0. The smallest absolute Gasteiger partial charge is 0.360 e. The number of aromatic carboxylic acids is 1. The van der Waals surface area contributed by atoms with Crippen molar-refractivity contribution >= 4 is 5.97 Å². The van der Waals surface area contributed by atoms with Crippen LogP contribution >= 0.6 is 0 Å². The second kappa shape index (κ2) is 6.29. The van der Waals surface area contributed by atoms with Gasteiger partial charge in [-0.3, -0.25) is 9.48 Å². The van der Waals surface area contributed by atoms with Crippen molar-refractivity contribution in [1.82, 2.24) is 9.78 Å². The van der Waals surface area contributed by atoms with E-state index >= 15 is 0 Å². The highest BCUT2D eigenvalue weighted by molar-refractivity contribution is 5.86. The van der Waals surface area contributed by atoms with Gasteiger partial charge in [-0.15, -0.1) is 0 Å². The fourth-order valence-corrected chi connectivity index (χ4v) is 2.60. The van der Waals surface area contributed by atoms with E-state index in [1.165, 1.54) is 35.1 Å². The van der Waals surface area contributed by atoms with Gasteiger partial charge in [0, 0.05) is 30.8 Å². The van der Waals surface area contributed by atoms with E-state index in [1.807, 2.05) is 0 Å². The fraction of sp³-hybridized carbons (Fsp3) is 0.312. The van der Waals surface area contributed by atoms with Crippen LogP contribution in [-0.4, -0.2) is 34.1 Å². The van der Waals surface area contributed by atoms with E-state index in [-0.39, 0.29) is 11.5 Å². The number of rotatable bonds is 4. The van der Waals surface area contributed by atoms with Crippen molar-refractivity contribution in [3.63, 3.8) is 0 Å². The van der Waals surface area contributed by atoms with Gasteiger partial charge in [-0.25, -0.2) is 9.18 Å². The monoisotopic (exact) mass is 318 g/mol. The molecule has 1 unspecified atom stereocenters. The Bertz CT molecular complexity index is 780. The molecule has 1 aliphatic rings. The molecule has 0 amide bonds. The first-order valence-electron chi connectivity index (χ1n) is 7.23. The molecule has 0 bridgehead atoms. The molecule has 6 nitrogen and oxygen atoms in total. The number of benzene rings is 1. The van der Waals surface area contributed by atoms with Crippen LogP contribution in [0.4, 0.5) is 4.39 Å². The molecular weight excluding hydrogens is 303 g/mol. The number of aromatic nitrogens is 2. The van der Waals surface area contributed by atoms with E-state index < -0.39 is 22.9 Å². The number of nitrogens with zero attached hydrogens (tertiary/aromatic N) is 2. The van der Waals surface area contributed by atoms with Crippen LogP contribution in [0.1, 0.15) is 16.9 Å². The van der Waals surface area contributed by atoms with E-state index in [0.29, 0.717) is 25.3 Å². The number of ether oxygens (including phenoxy) is 1. The van der Waals surface area contributed by atoms with Crippen LogP contribution in [0.15, 0.2) is 35.3 Å². The van der Waals surface area contributed by atoms with Crippen LogP contribution in [-0.2, 0) is 11.3 Å². The van der Waals surface area contributed by atoms with Crippen molar-refractivity contribution in [2.75, 3.05) is 13.2 Å². The third-order valence-corrected chi connectivity index (χ3v) is 3.79. The first-order valence-corrected chi connectivity index (χ1v) is 7.23. The highest BCUT2D eigenvalue weighted by atomic mass is 19.1. The van der Waals surface area contributed by atoms with Gasteiger partial charge >= 0.3 is 5.97 Å². The molecule has 0 radical (unpaired) electrons. The molecule has 0 aliphatic carbocycles. The maximum absolute atomic E-state index is 13.1. The van der Waals surface area contributed by atoms with Crippen LogP contribution in [0, 0.1) is 11.7 Å². The SMILES string of the molecule is O=C(O)c1nn(CC2CCOC2)cc(-c2ccc(F)cc2)c1=O. The molecule has 1 atom stereocenters. The zero-order chi connectivity index (χ0) is 16.4. The Balaban J connectivity index is 2.05. The molecule has 1 fully saturated rings. The van der Waals surface area contributed by atoms with Crippen molar-refractivity contribution < 1.29 is 19.0 Å². The summed E-state index contributed by atoms with van der Waals surface area (Å²) < 4.78 is 19.8. The first-order chi connectivity index (χ1) is 11.0. The lowest BCUT2D eigenvalue weighted by atomic mass is 10.1. The minimum absolute atomic E-state index is 0.191. The number of hydrogen-bond donors (Lipinski definition) is 1. The third kappa shape index (κ3) is 3.29. The highest BCUT2D eigenvalue weighted by Crippen LogP contribution is 2.18. The van der Waals surface area contributed by atoms with Crippen LogP contribution in [0.2, 0.25) is 0 Å². The molecule has 1 aromatic heterocycles. The maximum atomic E-state index is 13.1. The standard InChI is InChI=1S/C16H15FN2O4/c17-12-3-1-11(2-4-12)13-8-19(7-10-5-6-23-9-10)18-14(15(13)20)16(21)22/h1-4,8,10H,5-7,9H2,(H,21,22). The summed E-state index contributed by atoms with van der Waals surface area (Å²) in [5, 5.41) is 13.1. The lowest BCUT2D eigenvalue weighted by Gasteiger charge is -2.12. The van der Waals surface area contributed by atoms with E-state index in [4.69, 9.17) is 4.74 Å². The minimum atomic E-state index is -1.38. The maximum Gasteiger partial charge on any atom is 0.360 e. The summed E-state index contributed by atoms with van der Waals surface area (Å²) in [4.78, 5) is 23.6. The second-order valence-electron chi connectivity index (χ2n) is 5.48. The Morgan fingerprint density at radius 1 is 1.39 bits per heavy atom. The lowest BCUT2D eigenvalue weighted by molar-refractivity contribution is 0.0685. The summed E-state index contributed by atoms with van der Waals surface area (Å²) in [5.41, 5.74) is -0.567. The Morgan fingerprint density at radius 2 is 2.13 bits per heavy atom. The van der Waals surface area contributed by atoms with Crippen molar-refractivity contribution in [3.05, 3.63) is 52.2 Å². The molecule has 1 aromatic carbocycles.